The summed E-state index contributed by atoms with van der Waals surface area (Å²) in [6.45, 7) is 2.09. The Balaban J connectivity index is 2.04. The Bertz CT molecular complexity index is 1120. The van der Waals surface area contributed by atoms with Crippen LogP contribution in [-0.2, 0) is 0 Å². The third-order valence-electron chi connectivity index (χ3n) is 4.35. The summed E-state index contributed by atoms with van der Waals surface area (Å²) in [5.41, 5.74) is 6.09. The van der Waals surface area contributed by atoms with Crippen molar-refractivity contribution in [1.82, 2.24) is 4.98 Å². The summed E-state index contributed by atoms with van der Waals surface area (Å²) < 4.78 is 1.07. The van der Waals surface area contributed by atoms with E-state index in [0.717, 1.165) is 36.8 Å². The highest BCUT2D eigenvalue weighted by atomic mass is 32.2. The van der Waals surface area contributed by atoms with Gasteiger partial charge in [-0.3, -0.25) is 0 Å². The summed E-state index contributed by atoms with van der Waals surface area (Å²) in [7, 11) is 0. The minimum absolute atomic E-state index is 0.668. The topological polar surface area (TPSA) is 36.7 Å². The lowest BCUT2D eigenvalue weighted by Crippen LogP contribution is -1.88. The van der Waals surface area contributed by atoms with Gasteiger partial charge in [0.25, 0.3) is 0 Å². The first kappa shape index (κ1) is 16.8. The van der Waals surface area contributed by atoms with Gasteiger partial charge in [0.15, 0.2) is 0 Å². The first-order valence-corrected chi connectivity index (χ1v) is 10.3. The van der Waals surface area contributed by atoms with Crippen molar-refractivity contribution >= 4 is 33.3 Å². The fraction of sp³-hybridized carbons (Fsp3) is 0.0909. The van der Waals surface area contributed by atoms with Crippen LogP contribution in [0.25, 0.3) is 31.9 Å². The molecule has 0 unspecified atom stereocenters. The summed E-state index contributed by atoms with van der Waals surface area (Å²) in [6, 6.07) is 23.2. The van der Waals surface area contributed by atoms with E-state index in [-0.39, 0.29) is 0 Å². The lowest BCUT2D eigenvalue weighted by molar-refractivity contribution is 1.36. The van der Waals surface area contributed by atoms with Crippen LogP contribution in [0.5, 0.6) is 0 Å². The highest BCUT2D eigenvalue weighted by Crippen LogP contribution is 2.41. The molecule has 0 aliphatic carbocycles. The zero-order valence-electron chi connectivity index (χ0n) is 14.5. The molecule has 3 aromatic carbocycles. The van der Waals surface area contributed by atoms with Crippen molar-refractivity contribution in [2.75, 3.05) is 6.26 Å². The lowest BCUT2D eigenvalue weighted by atomic mass is 10.0. The van der Waals surface area contributed by atoms with Crippen molar-refractivity contribution in [3.8, 4) is 27.8 Å². The van der Waals surface area contributed by atoms with E-state index in [9.17, 15) is 5.26 Å². The molecular weight excluding hydrogens is 356 g/mol. The molecule has 0 N–H and O–H groups in total. The van der Waals surface area contributed by atoms with Crippen molar-refractivity contribution in [3.05, 3.63) is 71.8 Å². The van der Waals surface area contributed by atoms with E-state index in [1.54, 1.807) is 23.1 Å². The van der Waals surface area contributed by atoms with E-state index in [2.05, 4.69) is 55.5 Å². The first-order valence-electron chi connectivity index (χ1n) is 8.25. The Morgan fingerprint density at radius 1 is 1.00 bits per heavy atom. The van der Waals surface area contributed by atoms with Gasteiger partial charge in [-0.1, -0.05) is 60.2 Å². The van der Waals surface area contributed by atoms with Crippen LogP contribution in [0.3, 0.4) is 0 Å². The Morgan fingerprint density at radius 3 is 2.38 bits per heavy atom. The van der Waals surface area contributed by atoms with Gasteiger partial charge in [0.05, 0.1) is 10.3 Å². The summed E-state index contributed by atoms with van der Waals surface area (Å²) in [5.74, 6) is 0. The fourth-order valence-electron chi connectivity index (χ4n) is 2.98. The monoisotopic (exact) mass is 372 g/mol. The fourth-order valence-corrected chi connectivity index (χ4v) is 4.68. The normalized spacial score (nSPS) is 10.8. The number of hydrogen-bond acceptors (Lipinski definition) is 4. The molecule has 0 fully saturated rings. The molecule has 1 aromatic heterocycles. The minimum Gasteiger partial charge on any atom is -0.235 e. The highest BCUT2D eigenvalue weighted by Gasteiger charge is 2.18. The van der Waals surface area contributed by atoms with Gasteiger partial charge < -0.3 is 0 Å². The van der Waals surface area contributed by atoms with Gasteiger partial charge in [-0.25, -0.2) is 4.98 Å². The number of fused-ring (bicyclic) bond motifs is 1. The van der Waals surface area contributed by atoms with Crippen LogP contribution >= 0.6 is 23.1 Å². The van der Waals surface area contributed by atoms with Crippen molar-refractivity contribution in [1.29, 1.82) is 5.26 Å². The SMILES string of the molecule is CSc1cc(-c2ccc(C)cc2)c2sc(-c3ccccc3)nc2c1C#N. The predicted octanol–water partition coefficient (Wildman–Crippen LogP) is 6.53. The molecule has 2 nitrogen and oxygen atoms in total. The van der Waals surface area contributed by atoms with Crippen LogP contribution in [0, 0.1) is 18.3 Å². The van der Waals surface area contributed by atoms with Gasteiger partial charge in [0.1, 0.15) is 16.6 Å². The summed E-state index contributed by atoms with van der Waals surface area (Å²) in [4.78, 5) is 5.82. The molecule has 0 amide bonds. The number of thioether (sulfide) groups is 1. The number of rotatable bonds is 3. The van der Waals surface area contributed by atoms with E-state index in [4.69, 9.17) is 4.98 Å². The molecule has 126 valence electrons. The van der Waals surface area contributed by atoms with Crippen molar-refractivity contribution < 1.29 is 0 Å². The molecular formula is C22H16N2S2. The smallest absolute Gasteiger partial charge is 0.124 e. The van der Waals surface area contributed by atoms with Crippen molar-refractivity contribution in [2.24, 2.45) is 0 Å². The second kappa shape index (κ2) is 6.95. The number of aromatic nitrogens is 1. The van der Waals surface area contributed by atoms with E-state index in [1.165, 1.54) is 5.56 Å². The average Bonchev–Trinajstić information content (AvgIpc) is 3.13. The van der Waals surface area contributed by atoms with Crippen LogP contribution in [0.15, 0.2) is 65.6 Å². The summed E-state index contributed by atoms with van der Waals surface area (Å²) in [6.07, 6.45) is 2.01. The minimum atomic E-state index is 0.668. The number of thiazole rings is 1. The van der Waals surface area contributed by atoms with E-state index in [0.29, 0.717) is 5.56 Å². The first-order chi connectivity index (χ1) is 12.7. The van der Waals surface area contributed by atoms with Gasteiger partial charge in [0, 0.05) is 16.0 Å². The van der Waals surface area contributed by atoms with Crippen LogP contribution in [-0.4, -0.2) is 11.2 Å². The molecule has 0 bridgehead atoms. The maximum atomic E-state index is 9.73. The molecule has 0 saturated heterocycles. The van der Waals surface area contributed by atoms with Crippen LogP contribution in [0.1, 0.15) is 11.1 Å². The highest BCUT2D eigenvalue weighted by molar-refractivity contribution is 7.98. The van der Waals surface area contributed by atoms with Crippen LogP contribution in [0.2, 0.25) is 0 Å². The maximum absolute atomic E-state index is 9.73. The summed E-state index contributed by atoms with van der Waals surface area (Å²) >= 11 is 3.25. The number of nitriles is 1. The number of nitrogens with zero attached hydrogens (tertiary/aromatic N) is 2. The molecule has 4 aromatic rings. The molecule has 4 rings (SSSR count). The molecule has 0 aliphatic rings. The van der Waals surface area contributed by atoms with Gasteiger partial charge in [0.2, 0.25) is 0 Å². The third-order valence-corrected chi connectivity index (χ3v) is 6.24. The Kier molecular flexibility index (Phi) is 4.50. The molecule has 26 heavy (non-hydrogen) atoms. The second-order valence-corrected chi connectivity index (χ2v) is 7.89. The van der Waals surface area contributed by atoms with Crippen molar-refractivity contribution in [3.63, 3.8) is 0 Å². The number of benzene rings is 3. The Hall–Kier alpha value is -2.61. The number of hydrogen-bond donors (Lipinski definition) is 0. The van der Waals surface area contributed by atoms with E-state index < -0.39 is 0 Å². The molecule has 0 spiro atoms. The molecule has 1 heterocycles. The molecule has 0 aliphatic heterocycles. The standard InChI is InChI=1S/C22H16N2S2/c1-14-8-10-15(11-9-14)17-12-19(25-2)18(13-23)20-21(17)26-22(24-20)16-6-4-3-5-7-16/h3-12H,1-2H3. The second-order valence-electron chi connectivity index (χ2n) is 6.04. The van der Waals surface area contributed by atoms with Gasteiger partial charge in [-0.2, -0.15) is 5.26 Å². The third kappa shape index (κ3) is 2.90. The Labute approximate surface area is 161 Å². The summed E-state index contributed by atoms with van der Waals surface area (Å²) in [5, 5.41) is 10.7. The zero-order chi connectivity index (χ0) is 18.1. The lowest BCUT2D eigenvalue weighted by Gasteiger charge is -2.08. The maximum Gasteiger partial charge on any atom is 0.124 e. The van der Waals surface area contributed by atoms with Gasteiger partial charge in [-0.15, -0.1) is 23.1 Å². The van der Waals surface area contributed by atoms with E-state index in [1.807, 2.05) is 24.5 Å². The Morgan fingerprint density at radius 2 is 1.73 bits per heavy atom. The quantitative estimate of drug-likeness (QED) is 0.383. The predicted molar refractivity (Wildman–Crippen MR) is 112 cm³/mol. The van der Waals surface area contributed by atoms with Crippen molar-refractivity contribution in [2.45, 2.75) is 11.8 Å². The van der Waals surface area contributed by atoms with Crippen LogP contribution < -0.4 is 0 Å². The molecule has 4 heteroatoms. The van der Waals surface area contributed by atoms with E-state index >= 15 is 0 Å². The molecule has 0 atom stereocenters. The van der Waals surface area contributed by atoms with Gasteiger partial charge in [-0.05, 0) is 24.8 Å². The zero-order valence-corrected chi connectivity index (χ0v) is 16.1. The molecule has 0 saturated carbocycles. The average molecular weight is 373 g/mol. The number of aryl methyl sites for hydroxylation is 1. The molecule has 0 radical (unpaired) electrons. The van der Waals surface area contributed by atoms with Gasteiger partial charge >= 0.3 is 0 Å². The largest absolute Gasteiger partial charge is 0.235 e. The van der Waals surface area contributed by atoms with Crippen LogP contribution in [0.4, 0.5) is 0 Å².